The van der Waals surface area contributed by atoms with Gasteiger partial charge in [0, 0.05) is 13.1 Å². The number of hydrogen-bond donors (Lipinski definition) is 1. The van der Waals surface area contributed by atoms with Crippen LogP contribution in [0.1, 0.15) is 45.2 Å². The Labute approximate surface area is 180 Å². The minimum absolute atomic E-state index is 0.0499. The predicted molar refractivity (Wildman–Crippen MR) is 120 cm³/mol. The molecule has 0 aromatic heterocycles. The van der Waals surface area contributed by atoms with Crippen LogP contribution in [-0.4, -0.2) is 34.2 Å². The molecule has 4 nitrogen and oxygen atoms in total. The van der Waals surface area contributed by atoms with E-state index in [0.717, 1.165) is 19.5 Å². The molecule has 0 bridgehead atoms. The quantitative estimate of drug-likeness (QED) is 0.612. The largest absolute Gasteiger partial charge is 0.458 e. The van der Waals surface area contributed by atoms with Gasteiger partial charge in [0.25, 0.3) is 0 Å². The summed E-state index contributed by atoms with van der Waals surface area (Å²) in [4.78, 5) is 14.9. The highest BCUT2D eigenvalue weighted by Crippen LogP contribution is 2.34. The molecule has 0 radical (unpaired) electrons. The molecule has 1 aliphatic rings. The maximum absolute atomic E-state index is 12.6. The molecule has 2 aromatic carbocycles. The van der Waals surface area contributed by atoms with Gasteiger partial charge in [-0.25, -0.2) is 0 Å². The van der Waals surface area contributed by atoms with Crippen LogP contribution < -0.4 is 0 Å². The topological polar surface area (TPSA) is 49.8 Å². The molecule has 0 aliphatic carbocycles. The predicted octanol–water partition coefficient (Wildman–Crippen LogP) is 4.66. The lowest BCUT2D eigenvalue weighted by Crippen LogP contribution is -2.48. The van der Waals surface area contributed by atoms with Gasteiger partial charge < -0.3 is 9.84 Å². The summed E-state index contributed by atoms with van der Waals surface area (Å²) in [6.07, 6.45) is -0.450. The number of nitrogens with zero attached hydrogens (tertiary/aromatic N) is 1. The molecule has 1 heterocycles. The van der Waals surface area contributed by atoms with Crippen molar-refractivity contribution in [1.29, 1.82) is 0 Å². The Kier molecular flexibility index (Phi) is 7.68. The molecule has 1 fully saturated rings. The zero-order valence-electron chi connectivity index (χ0n) is 18.6. The first kappa shape index (κ1) is 22.5. The number of benzene rings is 2. The summed E-state index contributed by atoms with van der Waals surface area (Å²) in [5.41, 5.74) is 2.42. The molecule has 3 rings (SSSR count). The van der Waals surface area contributed by atoms with Crippen LogP contribution >= 0.6 is 0 Å². The van der Waals surface area contributed by atoms with E-state index in [9.17, 15) is 9.90 Å². The second-order valence-electron chi connectivity index (χ2n) is 9.23. The Hall–Kier alpha value is -2.17. The number of carbonyl (C=O) groups is 1. The SMILES string of the molecule is CC(C)C[C@@H]([C@@H]1OC(=O)[C@H](C(C)C)[C@H]1O)N(Cc1ccccc1)Cc1ccccc1. The minimum atomic E-state index is -0.782. The Balaban J connectivity index is 1.93. The molecule has 0 saturated carbocycles. The van der Waals surface area contributed by atoms with Gasteiger partial charge in [0.05, 0.1) is 12.0 Å². The van der Waals surface area contributed by atoms with Crippen LogP contribution in [0.25, 0.3) is 0 Å². The number of esters is 1. The van der Waals surface area contributed by atoms with Crippen molar-refractivity contribution < 1.29 is 14.6 Å². The van der Waals surface area contributed by atoms with Crippen molar-refractivity contribution in [1.82, 2.24) is 4.90 Å². The third-order valence-corrected chi connectivity index (χ3v) is 5.97. The summed E-state index contributed by atoms with van der Waals surface area (Å²) in [5.74, 6) is -0.266. The van der Waals surface area contributed by atoms with E-state index in [0.29, 0.717) is 5.92 Å². The number of rotatable bonds is 9. The molecule has 4 atom stereocenters. The van der Waals surface area contributed by atoms with E-state index < -0.39 is 18.1 Å². The van der Waals surface area contributed by atoms with Gasteiger partial charge in [-0.1, -0.05) is 88.4 Å². The lowest BCUT2D eigenvalue weighted by Gasteiger charge is -2.37. The van der Waals surface area contributed by atoms with Crippen molar-refractivity contribution in [2.24, 2.45) is 17.8 Å². The lowest BCUT2D eigenvalue weighted by atomic mass is 9.85. The van der Waals surface area contributed by atoms with E-state index in [-0.39, 0.29) is 17.9 Å². The van der Waals surface area contributed by atoms with Gasteiger partial charge in [0.15, 0.2) is 0 Å². The van der Waals surface area contributed by atoms with Gasteiger partial charge in [-0.05, 0) is 29.4 Å². The van der Waals surface area contributed by atoms with Crippen LogP contribution in [-0.2, 0) is 22.6 Å². The monoisotopic (exact) mass is 409 g/mol. The van der Waals surface area contributed by atoms with Crippen molar-refractivity contribution in [3.63, 3.8) is 0 Å². The maximum atomic E-state index is 12.6. The normalized spacial score (nSPS) is 22.7. The summed E-state index contributed by atoms with van der Waals surface area (Å²) in [7, 11) is 0. The standard InChI is InChI=1S/C26H35NO3/c1-18(2)15-22(25-24(28)23(19(3)4)26(29)30-25)27(16-20-11-7-5-8-12-20)17-21-13-9-6-10-14-21/h5-14,18-19,22-25,28H,15-17H2,1-4H3/t22-,23+,24+,25-/m0/s1. The number of hydrogen-bond acceptors (Lipinski definition) is 4. The summed E-state index contributed by atoms with van der Waals surface area (Å²) >= 11 is 0. The van der Waals surface area contributed by atoms with Crippen molar-refractivity contribution in [2.45, 2.75) is 65.5 Å². The molecule has 1 saturated heterocycles. The molecule has 30 heavy (non-hydrogen) atoms. The van der Waals surface area contributed by atoms with Gasteiger partial charge in [0.1, 0.15) is 12.2 Å². The zero-order chi connectivity index (χ0) is 21.7. The van der Waals surface area contributed by atoms with Gasteiger partial charge in [0.2, 0.25) is 0 Å². The van der Waals surface area contributed by atoms with Gasteiger partial charge in [-0.2, -0.15) is 0 Å². The van der Waals surface area contributed by atoms with Crippen LogP contribution in [0.2, 0.25) is 0 Å². The molecule has 0 spiro atoms. The van der Waals surface area contributed by atoms with Crippen LogP contribution in [0.15, 0.2) is 60.7 Å². The van der Waals surface area contributed by atoms with Crippen LogP contribution in [0.4, 0.5) is 0 Å². The van der Waals surface area contributed by atoms with E-state index in [1.165, 1.54) is 11.1 Å². The fourth-order valence-electron chi connectivity index (χ4n) is 4.50. The second kappa shape index (κ2) is 10.2. The molecule has 0 amide bonds. The number of cyclic esters (lactones) is 1. The molecular formula is C26H35NO3. The van der Waals surface area contributed by atoms with Crippen molar-refractivity contribution in [3.8, 4) is 0 Å². The molecule has 1 aliphatic heterocycles. The highest BCUT2D eigenvalue weighted by molar-refractivity contribution is 5.76. The number of aliphatic hydroxyl groups excluding tert-OH is 1. The van der Waals surface area contributed by atoms with Gasteiger partial charge >= 0.3 is 5.97 Å². The van der Waals surface area contributed by atoms with Crippen molar-refractivity contribution in [2.75, 3.05) is 0 Å². The Bertz CT molecular complexity index is 749. The average Bonchev–Trinajstić information content (AvgIpc) is 3.01. The number of carbonyl (C=O) groups excluding carboxylic acids is 1. The molecule has 2 aromatic rings. The first-order chi connectivity index (χ1) is 14.4. The van der Waals surface area contributed by atoms with E-state index in [1.54, 1.807) is 0 Å². The van der Waals surface area contributed by atoms with Gasteiger partial charge in [-0.3, -0.25) is 9.69 Å². The minimum Gasteiger partial charge on any atom is -0.458 e. The fraction of sp³-hybridized carbons (Fsp3) is 0.500. The van der Waals surface area contributed by atoms with Gasteiger partial charge in [-0.15, -0.1) is 0 Å². The molecule has 162 valence electrons. The highest BCUT2D eigenvalue weighted by atomic mass is 16.6. The third-order valence-electron chi connectivity index (χ3n) is 5.97. The molecular weight excluding hydrogens is 374 g/mol. The highest BCUT2D eigenvalue weighted by Gasteiger charge is 2.49. The maximum Gasteiger partial charge on any atom is 0.312 e. The first-order valence-corrected chi connectivity index (χ1v) is 11.1. The summed E-state index contributed by atoms with van der Waals surface area (Å²) in [6, 6.07) is 20.7. The first-order valence-electron chi connectivity index (χ1n) is 11.1. The van der Waals surface area contributed by atoms with E-state index >= 15 is 0 Å². The number of ether oxygens (including phenoxy) is 1. The average molecular weight is 410 g/mol. The lowest BCUT2D eigenvalue weighted by molar-refractivity contribution is -0.148. The molecule has 1 N–H and O–H groups in total. The van der Waals surface area contributed by atoms with E-state index in [2.05, 4.69) is 43.0 Å². The second-order valence-corrected chi connectivity index (χ2v) is 9.23. The summed E-state index contributed by atoms with van der Waals surface area (Å²) in [5, 5.41) is 11.1. The van der Waals surface area contributed by atoms with Crippen LogP contribution in [0.3, 0.4) is 0 Å². The molecule has 0 unspecified atom stereocenters. The van der Waals surface area contributed by atoms with Crippen molar-refractivity contribution in [3.05, 3.63) is 71.8 Å². The number of aliphatic hydroxyl groups is 1. The zero-order valence-corrected chi connectivity index (χ0v) is 18.6. The Morgan fingerprint density at radius 2 is 1.40 bits per heavy atom. The Morgan fingerprint density at radius 3 is 1.80 bits per heavy atom. The fourth-order valence-corrected chi connectivity index (χ4v) is 4.50. The summed E-state index contributed by atoms with van der Waals surface area (Å²) in [6.45, 7) is 9.78. The smallest absolute Gasteiger partial charge is 0.312 e. The van der Waals surface area contributed by atoms with E-state index in [4.69, 9.17) is 4.74 Å². The van der Waals surface area contributed by atoms with Crippen LogP contribution in [0.5, 0.6) is 0 Å². The third kappa shape index (κ3) is 5.50. The van der Waals surface area contributed by atoms with E-state index in [1.807, 2.05) is 50.2 Å². The molecule has 4 heteroatoms. The van der Waals surface area contributed by atoms with Crippen molar-refractivity contribution >= 4 is 5.97 Å². The Morgan fingerprint density at radius 1 is 0.900 bits per heavy atom. The van der Waals surface area contributed by atoms with Crippen LogP contribution in [0, 0.1) is 17.8 Å². The summed E-state index contributed by atoms with van der Waals surface area (Å²) < 4.78 is 5.84.